The van der Waals surface area contributed by atoms with Crippen LogP contribution in [0, 0.1) is 5.82 Å². The largest absolute Gasteiger partial charge is 0.351 e. The number of halogens is 1. The number of rotatable bonds is 8. The molecule has 0 spiro atoms. The topological polar surface area (TPSA) is 69.7 Å². The van der Waals surface area contributed by atoms with Crippen molar-refractivity contribution < 1.29 is 4.39 Å². The van der Waals surface area contributed by atoms with Gasteiger partial charge in [0.2, 0.25) is 0 Å². The highest BCUT2D eigenvalue weighted by molar-refractivity contribution is 5.64. The highest BCUT2D eigenvalue weighted by atomic mass is 19.1. The number of allylic oxidation sites excluding steroid dienone is 1. The Morgan fingerprint density at radius 3 is 2.67 bits per heavy atom. The SMILES string of the molecule is CC/C=C/c1ncc(Nc2cc(C(C)C)[nH]n2)nc1N(C)C(C)c1cccc(F)c1. The van der Waals surface area contributed by atoms with Gasteiger partial charge in [-0.2, -0.15) is 5.10 Å². The maximum Gasteiger partial charge on any atom is 0.157 e. The molecule has 0 bridgehead atoms. The summed E-state index contributed by atoms with van der Waals surface area (Å²) in [5.74, 6) is 2.10. The molecule has 0 aliphatic rings. The van der Waals surface area contributed by atoms with Gasteiger partial charge in [-0.25, -0.2) is 14.4 Å². The van der Waals surface area contributed by atoms with E-state index < -0.39 is 0 Å². The molecule has 1 aromatic carbocycles. The van der Waals surface area contributed by atoms with E-state index in [1.807, 2.05) is 43.2 Å². The van der Waals surface area contributed by atoms with Crippen LogP contribution in [0.2, 0.25) is 0 Å². The lowest BCUT2D eigenvalue weighted by Crippen LogP contribution is -2.24. The van der Waals surface area contributed by atoms with E-state index in [1.165, 1.54) is 6.07 Å². The lowest BCUT2D eigenvalue weighted by molar-refractivity contribution is 0.619. The number of hydrogen-bond acceptors (Lipinski definition) is 5. The van der Waals surface area contributed by atoms with Crippen LogP contribution < -0.4 is 10.2 Å². The Kier molecular flexibility index (Phi) is 6.82. The van der Waals surface area contributed by atoms with Crippen molar-refractivity contribution in [2.75, 3.05) is 17.3 Å². The molecule has 2 N–H and O–H groups in total. The smallest absolute Gasteiger partial charge is 0.157 e. The molecule has 158 valence electrons. The summed E-state index contributed by atoms with van der Waals surface area (Å²) in [4.78, 5) is 11.4. The molecule has 0 radical (unpaired) electrons. The average Bonchev–Trinajstić information content (AvgIpc) is 3.20. The molecule has 0 saturated carbocycles. The fraction of sp³-hybridized carbons (Fsp3) is 0.348. The van der Waals surface area contributed by atoms with E-state index in [1.54, 1.807) is 18.3 Å². The Morgan fingerprint density at radius 1 is 1.20 bits per heavy atom. The molecule has 0 aliphatic heterocycles. The third-order valence-corrected chi connectivity index (χ3v) is 5.01. The Hall–Kier alpha value is -3.22. The fourth-order valence-corrected chi connectivity index (χ4v) is 3.06. The Morgan fingerprint density at radius 2 is 2.00 bits per heavy atom. The minimum Gasteiger partial charge on any atom is -0.351 e. The van der Waals surface area contributed by atoms with Crippen LogP contribution in [0.15, 0.2) is 42.6 Å². The van der Waals surface area contributed by atoms with Crippen molar-refractivity contribution in [2.45, 2.75) is 46.1 Å². The molecule has 0 saturated heterocycles. The lowest BCUT2D eigenvalue weighted by Gasteiger charge is -2.27. The van der Waals surface area contributed by atoms with Crippen LogP contribution in [0.1, 0.15) is 63.0 Å². The van der Waals surface area contributed by atoms with Crippen LogP contribution >= 0.6 is 0 Å². The van der Waals surface area contributed by atoms with Crippen LogP contribution in [-0.2, 0) is 0 Å². The second-order valence-corrected chi connectivity index (χ2v) is 7.60. The number of aromatic amines is 1. The van der Waals surface area contributed by atoms with E-state index in [0.29, 0.717) is 23.4 Å². The molecule has 0 amide bonds. The molecule has 0 fully saturated rings. The molecule has 3 aromatic rings. The van der Waals surface area contributed by atoms with Crippen molar-refractivity contribution in [3.05, 3.63) is 65.4 Å². The monoisotopic (exact) mass is 408 g/mol. The molecule has 30 heavy (non-hydrogen) atoms. The number of nitrogens with one attached hydrogen (secondary N) is 2. The summed E-state index contributed by atoms with van der Waals surface area (Å²) >= 11 is 0. The van der Waals surface area contributed by atoms with Gasteiger partial charge in [0, 0.05) is 18.8 Å². The van der Waals surface area contributed by atoms with Gasteiger partial charge in [-0.05, 0) is 43.0 Å². The first-order chi connectivity index (χ1) is 14.4. The third-order valence-electron chi connectivity index (χ3n) is 5.01. The van der Waals surface area contributed by atoms with Gasteiger partial charge < -0.3 is 10.2 Å². The molecular weight excluding hydrogens is 379 g/mol. The molecule has 3 rings (SSSR count). The number of aromatic nitrogens is 4. The first-order valence-corrected chi connectivity index (χ1v) is 10.2. The molecule has 2 heterocycles. The van der Waals surface area contributed by atoms with Crippen LogP contribution in [0.4, 0.5) is 21.8 Å². The van der Waals surface area contributed by atoms with Gasteiger partial charge in [-0.1, -0.05) is 39.0 Å². The van der Waals surface area contributed by atoms with Gasteiger partial charge in [0.15, 0.2) is 17.5 Å². The summed E-state index contributed by atoms with van der Waals surface area (Å²) in [6.45, 7) is 8.30. The van der Waals surface area contributed by atoms with Crippen LogP contribution in [0.3, 0.4) is 0 Å². The van der Waals surface area contributed by atoms with Gasteiger partial charge in [-0.15, -0.1) is 0 Å². The fourth-order valence-electron chi connectivity index (χ4n) is 3.06. The zero-order chi connectivity index (χ0) is 21.7. The summed E-state index contributed by atoms with van der Waals surface area (Å²) in [7, 11) is 1.94. The first-order valence-electron chi connectivity index (χ1n) is 10.2. The van der Waals surface area contributed by atoms with Gasteiger partial charge in [0.25, 0.3) is 0 Å². The van der Waals surface area contributed by atoms with E-state index >= 15 is 0 Å². The molecular formula is C23H29FN6. The van der Waals surface area contributed by atoms with E-state index in [4.69, 9.17) is 4.98 Å². The van der Waals surface area contributed by atoms with Crippen LogP contribution in [0.5, 0.6) is 0 Å². The standard InChI is InChI=1S/C23H29FN6/c1-6-7-11-19-23(30(5)16(4)17-9-8-10-18(24)12-17)27-22(14-25-19)26-21-13-20(15(2)3)28-29-21/h7-16H,6H2,1-5H3,(H2,26,27,28,29)/b11-7+. The Labute approximate surface area is 177 Å². The molecule has 2 aromatic heterocycles. The van der Waals surface area contributed by atoms with Gasteiger partial charge in [0.05, 0.1) is 12.2 Å². The zero-order valence-corrected chi connectivity index (χ0v) is 18.1. The van der Waals surface area contributed by atoms with Gasteiger partial charge in [0.1, 0.15) is 11.5 Å². The number of H-pyrrole nitrogens is 1. The minimum atomic E-state index is -0.250. The van der Waals surface area contributed by atoms with E-state index in [2.05, 4.69) is 41.3 Å². The summed E-state index contributed by atoms with van der Waals surface area (Å²) in [5.41, 5.74) is 2.68. The second-order valence-electron chi connectivity index (χ2n) is 7.60. The van der Waals surface area contributed by atoms with Crippen molar-refractivity contribution >= 4 is 23.5 Å². The number of anilines is 3. The first kappa shape index (κ1) is 21.5. The van der Waals surface area contributed by atoms with E-state index in [9.17, 15) is 4.39 Å². The van der Waals surface area contributed by atoms with Crippen molar-refractivity contribution in [3.8, 4) is 0 Å². The normalized spacial score (nSPS) is 12.5. The Bertz CT molecular complexity index is 1010. The number of nitrogens with zero attached hydrogens (tertiary/aromatic N) is 4. The Balaban J connectivity index is 1.92. The van der Waals surface area contributed by atoms with Crippen LogP contribution in [0.25, 0.3) is 6.08 Å². The molecule has 6 nitrogen and oxygen atoms in total. The highest BCUT2D eigenvalue weighted by Crippen LogP contribution is 2.29. The van der Waals surface area contributed by atoms with Crippen molar-refractivity contribution in [3.63, 3.8) is 0 Å². The average molecular weight is 409 g/mol. The molecule has 1 atom stereocenters. The van der Waals surface area contributed by atoms with Gasteiger partial charge in [-0.3, -0.25) is 5.10 Å². The molecule has 0 aliphatic carbocycles. The lowest BCUT2D eigenvalue weighted by atomic mass is 10.1. The van der Waals surface area contributed by atoms with Crippen molar-refractivity contribution in [2.24, 2.45) is 0 Å². The minimum absolute atomic E-state index is 0.0862. The van der Waals surface area contributed by atoms with Crippen molar-refractivity contribution in [1.29, 1.82) is 0 Å². The van der Waals surface area contributed by atoms with Crippen LogP contribution in [-0.4, -0.2) is 27.2 Å². The summed E-state index contributed by atoms with van der Waals surface area (Å²) in [6, 6.07) is 8.52. The summed E-state index contributed by atoms with van der Waals surface area (Å²) in [5, 5.41) is 10.5. The molecule has 7 heteroatoms. The van der Waals surface area contributed by atoms with E-state index in [0.717, 1.165) is 23.4 Å². The summed E-state index contributed by atoms with van der Waals surface area (Å²) in [6.07, 6.45) is 6.61. The van der Waals surface area contributed by atoms with Gasteiger partial charge >= 0.3 is 0 Å². The highest BCUT2D eigenvalue weighted by Gasteiger charge is 2.18. The maximum atomic E-state index is 13.7. The third kappa shape index (κ3) is 5.03. The van der Waals surface area contributed by atoms with Crippen molar-refractivity contribution in [1.82, 2.24) is 20.2 Å². The zero-order valence-electron chi connectivity index (χ0n) is 18.1. The number of hydrogen-bond donors (Lipinski definition) is 2. The molecule has 1 unspecified atom stereocenters. The predicted molar refractivity (Wildman–Crippen MR) is 121 cm³/mol. The quantitative estimate of drug-likeness (QED) is 0.491. The number of benzene rings is 1. The predicted octanol–water partition coefficient (Wildman–Crippen LogP) is 5.83. The summed E-state index contributed by atoms with van der Waals surface area (Å²) < 4.78 is 13.7. The van der Waals surface area contributed by atoms with E-state index in [-0.39, 0.29) is 11.9 Å². The maximum absolute atomic E-state index is 13.7. The second kappa shape index (κ2) is 9.52.